The van der Waals surface area contributed by atoms with E-state index in [1.165, 1.54) is 18.2 Å². The van der Waals surface area contributed by atoms with E-state index < -0.39 is 15.5 Å². The summed E-state index contributed by atoms with van der Waals surface area (Å²) in [5.41, 5.74) is 0.214. The Kier molecular flexibility index (Phi) is 5.61. The molecule has 0 bridgehead atoms. The number of amides is 1. The summed E-state index contributed by atoms with van der Waals surface area (Å²) in [6.07, 6.45) is -1.20. The van der Waals surface area contributed by atoms with Crippen LogP contribution in [-0.4, -0.2) is 27.1 Å². The van der Waals surface area contributed by atoms with Gasteiger partial charge in [-0.25, -0.2) is 4.79 Å². The zero-order valence-electron chi connectivity index (χ0n) is 10.3. The van der Waals surface area contributed by atoms with E-state index in [1.807, 2.05) is 0 Å². The van der Waals surface area contributed by atoms with Crippen LogP contribution in [0.4, 0.5) is 10.5 Å². The SMILES string of the molecule is CCC(Br)(CN(C(=O)O)c1ccc(Cl)c(Cl)c1)[N+](=O)[O-]. The van der Waals surface area contributed by atoms with Crippen LogP contribution < -0.4 is 4.90 Å². The Morgan fingerprint density at radius 1 is 1.50 bits per heavy atom. The maximum absolute atomic E-state index is 11.3. The lowest BCUT2D eigenvalue weighted by Crippen LogP contribution is -2.46. The monoisotopic (exact) mass is 384 g/mol. The Balaban J connectivity index is 3.15. The van der Waals surface area contributed by atoms with Gasteiger partial charge in [-0.3, -0.25) is 15.0 Å². The molecule has 0 aliphatic carbocycles. The first-order valence-electron chi connectivity index (χ1n) is 5.50. The summed E-state index contributed by atoms with van der Waals surface area (Å²) in [5.74, 6) is 0. The van der Waals surface area contributed by atoms with Gasteiger partial charge in [-0.2, -0.15) is 0 Å². The number of hydrogen-bond acceptors (Lipinski definition) is 3. The lowest BCUT2D eigenvalue weighted by atomic mass is 10.2. The highest BCUT2D eigenvalue weighted by Crippen LogP contribution is 2.31. The number of benzene rings is 1. The van der Waals surface area contributed by atoms with E-state index in [-0.39, 0.29) is 28.7 Å². The van der Waals surface area contributed by atoms with Crippen LogP contribution in [0.3, 0.4) is 0 Å². The Bertz CT molecular complexity index is 543. The van der Waals surface area contributed by atoms with Crippen molar-refractivity contribution in [3.05, 3.63) is 38.4 Å². The number of nitro groups is 1. The molecule has 1 aromatic carbocycles. The standard InChI is InChI=1S/C11H11BrCl2N2O4/c1-2-11(12,16(19)20)6-15(10(17)18)7-3-4-8(13)9(14)5-7/h3-5H,2,6H2,1H3,(H,17,18). The molecule has 0 aliphatic heterocycles. The average Bonchev–Trinajstić information content (AvgIpc) is 2.38. The summed E-state index contributed by atoms with van der Waals surface area (Å²) in [6, 6.07) is 4.22. The molecule has 1 N–H and O–H groups in total. The number of rotatable bonds is 5. The second-order valence-corrected chi connectivity index (χ2v) is 6.29. The minimum atomic E-state index is -1.56. The largest absolute Gasteiger partial charge is 0.465 e. The molecule has 0 spiro atoms. The van der Waals surface area contributed by atoms with Crippen molar-refractivity contribution < 1.29 is 14.8 Å². The molecule has 1 rings (SSSR count). The van der Waals surface area contributed by atoms with Gasteiger partial charge >= 0.3 is 6.09 Å². The van der Waals surface area contributed by atoms with E-state index in [1.54, 1.807) is 6.92 Å². The second kappa shape index (κ2) is 6.60. The van der Waals surface area contributed by atoms with Crippen molar-refractivity contribution in [3.8, 4) is 0 Å². The predicted octanol–water partition coefficient (Wildman–Crippen LogP) is 4.26. The molecule has 1 atom stereocenters. The molecule has 1 amide bonds. The van der Waals surface area contributed by atoms with E-state index >= 15 is 0 Å². The fraction of sp³-hybridized carbons (Fsp3) is 0.364. The van der Waals surface area contributed by atoms with E-state index in [9.17, 15) is 20.0 Å². The highest BCUT2D eigenvalue weighted by molar-refractivity contribution is 9.10. The Hall–Kier alpha value is -1.05. The van der Waals surface area contributed by atoms with Gasteiger partial charge in [-0.1, -0.05) is 30.1 Å². The summed E-state index contributed by atoms with van der Waals surface area (Å²) < 4.78 is -1.56. The van der Waals surface area contributed by atoms with Crippen molar-refractivity contribution in [3.63, 3.8) is 0 Å². The summed E-state index contributed by atoms with van der Waals surface area (Å²) >= 11 is 14.6. The van der Waals surface area contributed by atoms with Gasteiger partial charge in [-0.15, -0.1) is 0 Å². The van der Waals surface area contributed by atoms with E-state index in [4.69, 9.17) is 23.2 Å². The summed E-state index contributed by atoms with van der Waals surface area (Å²) in [7, 11) is 0. The van der Waals surface area contributed by atoms with Crippen LogP contribution in [0.5, 0.6) is 0 Å². The van der Waals surface area contributed by atoms with Gasteiger partial charge in [0.25, 0.3) is 4.45 Å². The maximum atomic E-state index is 11.3. The lowest BCUT2D eigenvalue weighted by molar-refractivity contribution is -0.532. The molecule has 0 saturated carbocycles. The third-order valence-corrected chi connectivity index (χ3v) is 4.56. The Morgan fingerprint density at radius 2 is 2.10 bits per heavy atom. The molecule has 0 aromatic heterocycles. The van der Waals surface area contributed by atoms with Crippen molar-refractivity contribution in [1.29, 1.82) is 0 Å². The van der Waals surface area contributed by atoms with Gasteiger partial charge < -0.3 is 5.11 Å². The van der Waals surface area contributed by atoms with Crippen molar-refractivity contribution in [1.82, 2.24) is 0 Å². The molecule has 0 radical (unpaired) electrons. The highest BCUT2D eigenvalue weighted by atomic mass is 79.9. The van der Waals surface area contributed by atoms with Crippen molar-refractivity contribution >= 4 is 50.9 Å². The Morgan fingerprint density at radius 3 is 2.50 bits per heavy atom. The first-order valence-corrected chi connectivity index (χ1v) is 7.05. The second-order valence-electron chi connectivity index (χ2n) is 4.00. The molecule has 0 aliphatic rings. The van der Waals surface area contributed by atoms with E-state index in [0.29, 0.717) is 0 Å². The predicted molar refractivity (Wildman–Crippen MR) is 80.8 cm³/mol. The van der Waals surface area contributed by atoms with Crippen LogP contribution in [0, 0.1) is 10.1 Å². The number of halogens is 3. The first-order chi connectivity index (χ1) is 9.21. The molecular formula is C11H11BrCl2N2O4. The number of carbonyl (C=O) groups is 1. The average molecular weight is 386 g/mol. The molecule has 9 heteroatoms. The number of hydrogen-bond donors (Lipinski definition) is 1. The minimum absolute atomic E-state index is 0.116. The Labute approximate surface area is 133 Å². The minimum Gasteiger partial charge on any atom is -0.465 e. The highest BCUT2D eigenvalue weighted by Gasteiger charge is 2.41. The zero-order valence-corrected chi connectivity index (χ0v) is 13.4. The maximum Gasteiger partial charge on any atom is 0.412 e. The molecule has 110 valence electrons. The third-order valence-electron chi connectivity index (χ3n) is 2.72. The number of carboxylic acid groups (broad SMARTS) is 1. The van der Waals surface area contributed by atoms with Crippen molar-refractivity contribution in [2.24, 2.45) is 0 Å². The van der Waals surface area contributed by atoms with Crippen molar-refractivity contribution in [2.75, 3.05) is 11.4 Å². The number of alkyl halides is 1. The van der Waals surface area contributed by atoms with Gasteiger partial charge in [0.2, 0.25) is 0 Å². The fourth-order valence-corrected chi connectivity index (χ4v) is 2.01. The smallest absolute Gasteiger partial charge is 0.412 e. The van der Waals surface area contributed by atoms with Gasteiger partial charge in [0.15, 0.2) is 0 Å². The molecule has 1 unspecified atom stereocenters. The molecule has 0 heterocycles. The van der Waals surface area contributed by atoms with Crippen LogP contribution in [0.2, 0.25) is 10.0 Å². The molecule has 6 nitrogen and oxygen atoms in total. The third kappa shape index (κ3) is 3.74. The summed E-state index contributed by atoms with van der Waals surface area (Å²) in [5, 5.41) is 20.7. The normalized spacial score (nSPS) is 13.6. The van der Waals surface area contributed by atoms with Crippen LogP contribution in [0.1, 0.15) is 13.3 Å². The molecule has 0 saturated heterocycles. The molecule has 0 fully saturated rings. The van der Waals surface area contributed by atoms with Gasteiger partial charge in [0.05, 0.1) is 10.0 Å². The van der Waals surface area contributed by atoms with Crippen LogP contribution in [0.15, 0.2) is 18.2 Å². The van der Waals surface area contributed by atoms with Crippen LogP contribution >= 0.6 is 39.1 Å². The van der Waals surface area contributed by atoms with Crippen LogP contribution in [0.25, 0.3) is 0 Å². The lowest BCUT2D eigenvalue weighted by Gasteiger charge is -2.25. The van der Waals surface area contributed by atoms with E-state index in [0.717, 1.165) is 4.90 Å². The molecule has 1 aromatic rings. The van der Waals surface area contributed by atoms with Gasteiger partial charge in [-0.05, 0) is 18.2 Å². The van der Waals surface area contributed by atoms with Gasteiger partial charge in [0, 0.05) is 33.0 Å². The first kappa shape index (κ1) is 17.0. The molecular weight excluding hydrogens is 375 g/mol. The van der Waals surface area contributed by atoms with E-state index in [2.05, 4.69) is 15.9 Å². The summed E-state index contributed by atoms with van der Waals surface area (Å²) in [6.45, 7) is 1.23. The number of anilines is 1. The topological polar surface area (TPSA) is 83.7 Å². The van der Waals surface area contributed by atoms with Gasteiger partial charge in [0.1, 0.15) is 6.54 Å². The van der Waals surface area contributed by atoms with Crippen molar-refractivity contribution in [2.45, 2.75) is 17.8 Å². The summed E-state index contributed by atoms with van der Waals surface area (Å²) in [4.78, 5) is 22.7. The zero-order chi connectivity index (χ0) is 15.5. The quantitative estimate of drug-likeness (QED) is 0.355. The number of nitrogens with zero attached hydrogens (tertiary/aromatic N) is 2. The molecule has 20 heavy (non-hydrogen) atoms. The fourth-order valence-electron chi connectivity index (χ4n) is 1.46. The van der Waals surface area contributed by atoms with Crippen LogP contribution in [-0.2, 0) is 0 Å².